The van der Waals surface area contributed by atoms with Gasteiger partial charge < -0.3 is 4.74 Å². The Hall–Kier alpha value is -2.16. The van der Waals surface area contributed by atoms with Gasteiger partial charge >= 0.3 is 0 Å². The standard InChI is InChI=1S/C16H15FO2/c1-11(18)13-5-9-16(10-6-13)19-12(2)14-3-7-15(17)8-4-14/h3-10,12H,1-2H3. The minimum Gasteiger partial charge on any atom is -0.486 e. The van der Waals surface area contributed by atoms with Crippen molar-refractivity contribution in [2.45, 2.75) is 20.0 Å². The van der Waals surface area contributed by atoms with Crippen molar-refractivity contribution >= 4 is 5.78 Å². The molecule has 0 aromatic heterocycles. The van der Waals surface area contributed by atoms with Gasteiger partial charge in [0, 0.05) is 5.56 Å². The molecule has 1 unspecified atom stereocenters. The first-order valence-electron chi connectivity index (χ1n) is 6.09. The highest BCUT2D eigenvalue weighted by atomic mass is 19.1. The average Bonchev–Trinajstić information content (AvgIpc) is 2.40. The first-order chi connectivity index (χ1) is 9.06. The van der Waals surface area contributed by atoms with E-state index in [-0.39, 0.29) is 17.7 Å². The molecule has 0 aliphatic heterocycles. The van der Waals surface area contributed by atoms with Gasteiger partial charge in [-0.05, 0) is 55.8 Å². The van der Waals surface area contributed by atoms with Crippen molar-refractivity contribution in [2.24, 2.45) is 0 Å². The summed E-state index contributed by atoms with van der Waals surface area (Å²) in [5.74, 6) is 0.446. The number of Topliss-reactive ketones (excluding diaryl/α,β-unsaturated/α-hetero) is 1. The molecule has 0 fully saturated rings. The third-order valence-corrected chi connectivity index (χ3v) is 2.91. The number of carbonyl (C=O) groups excluding carboxylic acids is 1. The lowest BCUT2D eigenvalue weighted by Crippen LogP contribution is -2.03. The summed E-state index contributed by atoms with van der Waals surface area (Å²) in [6.45, 7) is 3.42. The Morgan fingerprint density at radius 3 is 2.16 bits per heavy atom. The van der Waals surface area contributed by atoms with Crippen LogP contribution in [0, 0.1) is 5.82 Å². The fourth-order valence-electron chi connectivity index (χ4n) is 1.77. The van der Waals surface area contributed by atoms with E-state index in [1.165, 1.54) is 19.1 Å². The Morgan fingerprint density at radius 1 is 1.05 bits per heavy atom. The third-order valence-electron chi connectivity index (χ3n) is 2.91. The largest absolute Gasteiger partial charge is 0.486 e. The van der Waals surface area contributed by atoms with Gasteiger partial charge in [0.1, 0.15) is 17.7 Å². The molecule has 0 radical (unpaired) electrons. The third kappa shape index (κ3) is 3.41. The summed E-state index contributed by atoms with van der Waals surface area (Å²) in [5.41, 5.74) is 1.55. The number of benzene rings is 2. The number of ether oxygens (including phenoxy) is 1. The van der Waals surface area contributed by atoms with E-state index in [0.717, 1.165) is 5.56 Å². The monoisotopic (exact) mass is 258 g/mol. The number of halogens is 1. The van der Waals surface area contributed by atoms with E-state index in [4.69, 9.17) is 4.74 Å². The molecule has 0 saturated heterocycles. The van der Waals surface area contributed by atoms with Crippen LogP contribution in [0.25, 0.3) is 0 Å². The van der Waals surface area contributed by atoms with Crippen molar-refractivity contribution in [3.8, 4) is 5.75 Å². The maximum Gasteiger partial charge on any atom is 0.159 e. The number of rotatable bonds is 4. The van der Waals surface area contributed by atoms with Crippen LogP contribution in [-0.2, 0) is 0 Å². The normalized spacial score (nSPS) is 11.9. The zero-order valence-corrected chi connectivity index (χ0v) is 10.9. The van der Waals surface area contributed by atoms with Crippen LogP contribution in [0.15, 0.2) is 48.5 Å². The highest BCUT2D eigenvalue weighted by Gasteiger charge is 2.08. The number of hydrogen-bond acceptors (Lipinski definition) is 2. The van der Waals surface area contributed by atoms with Gasteiger partial charge in [-0.15, -0.1) is 0 Å². The first kappa shape index (κ1) is 13.3. The molecule has 3 heteroatoms. The molecule has 1 atom stereocenters. The Balaban J connectivity index is 2.08. The molecular formula is C16H15FO2. The van der Waals surface area contributed by atoms with Crippen LogP contribution in [0.3, 0.4) is 0 Å². The molecule has 2 rings (SSSR count). The van der Waals surface area contributed by atoms with Crippen molar-refractivity contribution in [1.29, 1.82) is 0 Å². The van der Waals surface area contributed by atoms with Gasteiger partial charge in [-0.2, -0.15) is 0 Å². The Bertz CT molecular complexity index is 558. The molecule has 0 N–H and O–H groups in total. The quantitative estimate of drug-likeness (QED) is 0.769. The fraction of sp³-hybridized carbons (Fsp3) is 0.188. The van der Waals surface area contributed by atoms with E-state index in [0.29, 0.717) is 11.3 Å². The van der Waals surface area contributed by atoms with E-state index in [2.05, 4.69) is 0 Å². The highest BCUT2D eigenvalue weighted by Crippen LogP contribution is 2.22. The van der Waals surface area contributed by atoms with Gasteiger partial charge in [0.2, 0.25) is 0 Å². The van der Waals surface area contributed by atoms with E-state index in [9.17, 15) is 9.18 Å². The van der Waals surface area contributed by atoms with Crippen LogP contribution in [0.1, 0.15) is 35.9 Å². The Morgan fingerprint density at radius 2 is 1.63 bits per heavy atom. The van der Waals surface area contributed by atoms with Gasteiger partial charge in [0.15, 0.2) is 5.78 Å². The lowest BCUT2D eigenvalue weighted by Gasteiger charge is -2.15. The SMILES string of the molecule is CC(=O)c1ccc(OC(C)c2ccc(F)cc2)cc1. The zero-order valence-electron chi connectivity index (χ0n) is 10.9. The van der Waals surface area contributed by atoms with Crippen LogP contribution in [0.2, 0.25) is 0 Å². The van der Waals surface area contributed by atoms with Crippen LogP contribution in [0.4, 0.5) is 4.39 Å². The number of ketones is 1. The molecule has 0 saturated carbocycles. The second kappa shape index (κ2) is 5.65. The smallest absolute Gasteiger partial charge is 0.159 e. The number of carbonyl (C=O) groups is 1. The summed E-state index contributed by atoms with van der Waals surface area (Å²) in [6, 6.07) is 13.2. The molecule has 0 aliphatic rings. The van der Waals surface area contributed by atoms with Gasteiger partial charge in [0.25, 0.3) is 0 Å². The summed E-state index contributed by atoms with van der Waals surface area (Å²) in [7, 11) is 0. The van der Waals surface area contributed by atoms with Crippen molar-refractivity contribution in [3.05, 3.63) is 65.5 Å². The van der Waals surface area contributed by atoms with E-state index in [1.54, 1.807) is 36.4 Å². The molecule has 0 spiro atoms. The lowest BCUT2D eigenvalue weighted by molar-refractivity contribution is 0.101. The molecular weight excluding hydrogens is 243 g/mol. The van der Waals surface area contributed by atoms with E-state index < -0.39 is 0 Å². The molecule has 98 valence electrons. The summed E-state index contributed by atoms with van der Waals surface area (Å²) >= 11 is 0. The van der Waals surface area contributed by atoms with Gasteiger partial charge in [0.05, 0.1) is 0 Å². The summed E-state index contributed by atoms with van der Waals surface area (Å²) < 4.78 is 18.6. The number of hydrogen-bond donors (Lipinski definition) is 0. The van der Waals surface area contributed by atoms with Crippen LogP contribution in [0.5, 0.6) is 5.75 Å². The Labute approximate surface area is 111 Å². The predicted molar refractivity (Wildman–Crippen MR) is 71.9 cm³/mol. The van der Waals surface area contributed by atoms with Crippen LogP contribution < -0.4 is 4.74 Å². The maximum atomic E-state index is 12.8. The van der Waals surface area contributed by atoms with E-state index >= 15 is 0 Å². The van der Waals surface area contributed by atoms with Crippen LogP contribution >= 0.6 is 0 Å². The van der Waals surface area contributed by atoms with Gasteiger partial charge in [-0.3, -0.25) is 4.79 Å². The average molecular weight is 258 g/mol. The topological polar surface area (TPSA) is 26.3 Å². The van der Waals surface area contributed by atoms with Crippen molar-refractivity contribution < 1.29 is 13.9 Å². The maximum absolute atomic E-state index is 12.8. The summed E-state index contributed by atoms with van der Waals surface area (Å²) in [4.78, 5) is 11.2. The minimum atomic E-state index is -0.262. The molecule has 2 aromatic carbocycles. The van der Waals surface area contributed by atoms with Crippen molar-refractivity contribution in [3.63, 3.8) is 0 Å². The lowest BCUT2D eigenvalue weighted by atomic mass is 10.1. The Kier molecular flexibility index (Phi) is 3.95. The minimum absolute atomic E-state index is 0.0260. The molecule has 0 bridgehead atoms. The predicted octanol–water partition coefficient (Wildman–Crippen LogP) is 4.17. The van der Waals surface area contributed by atoms with E-state index in [1.807, 2.05) is 6.92 Å². The second-order valence-electron chi connectivity index (χ2n) is 4.39. The van der Waals surface area contributed by atoms with Gasteiger partial charge in [-0.1, -0.05) is 12.1 Å². The summed E-state index contributed by atoms with van der Waals surface area (Å²) in [6.07, 6.45) is -0.177. The molecule has 19 heavy (non-hydrogen) atoms. The second-order valence-corrected chi connectivity index (χ2v) is 4.39. The highest BCUT2D eigenvalue weighted by molar-refractivity contribution is 5.94. The van der Waals surface area contributed by atoms with Gasteiger partial charge in [-0.25, -0.2) is 4.39 Å². The van der Waals surface area contributed by atoms with Crippen molar-refractivity contribution in [1.82, 2.24) is 0 Å². The first-order valence-corrected chi connectivity index (χ1v) is 6.09. The zero-order chi connectivity index (χ0) is 13.8. The molecule has 0 heterocycles. The molecule has 2 nitrogen and oxygen atoms in total. The molecule has 2 aromatic rings. The van der Waals surface area contributed by atoms with Crippen molar-refractivity contribution in [2.75, 3.05) is 0 Å². The molecule has 0 amide bonds. The van der Waals surface area contributed by atoms with Crippen LogP contribution in [-0.4, -0.2) is 5.78 Å². The molecule has 0 aliphatic carbocycles. The fourth-order valence-corrected chi connectivity index (χ4v) is 1.77. The summed E-state index contributed by atoms with van der Waals surface area (Å²) in [5, 5.41) is 0.